The second kappa shape index (κ2) is 3.90. The zero-order valence-corrected chi connectivity index (χ0v) is 10.7. The minimum atomic E-state index is -0.247. The topological polar surface area (TPSA) is 43.1 Å². The first-order valence-corrected chi connectivity index (χ1v) is 6.53. The van der Waals surface area contributed by atoms with Gasteiger partial charge in [0.1, 0.15) is 0 Å². The monoisotopic (exact) mass is 261 g/mol. The van der Waals surface area contributed by atoms with Crippen LogP contribution in [0.25, 0.3) is 21.9 Å². The normalized spacial score (nSPS) is 12.2. The van der Waals surface area contributed by atoms with Gasteiger partial charge in [-0.15, -0.1) is 0 Å². The molecule has 0 N–H and O–H groups in total. The van der Waals surface area contributed by atoms with E-state index in [1.807, 2.05) is 48.5 Å². The zero-order valence-electron chi connectivity index (χ0n) is 10.7. The zero-order chi connectivity index (χ0) is 13.7. The molecule has 0 aromatic heterocycles. The molecule has 0 saturated heterocycles. The van der Waals surface area contributed by atoms with E-state index in [9.17, 15) is 10.1 Å². The van der Waals surface area contributed by atoms with Gasteiger partial charge in [0, 0.05) is 0 Å². The molecule has 0 fully saturated rings. The molecule has 1 aliphatic rings. The first-order valence-electron chi connectivity index (χ1n) is 6.53. The van der Waals surface area contributed by atoms with Gasteiger partial charge in [-0.25, -0.2) is 0 Å². The molecule has 20 heavy (non-hydrogen) atoms. The van der Waals surface area contributed by atoms with E-state index in [0.29, 0.717) is 5.39 Å². The molecule has 0 aliphatic heterocycles. The summed E-state index contributed by atoms with van der Waals surface area (Å²) in [5.74, 6) is 0. The van der Waals surface area contributed by atoms with Crippen LogP contribution >= 0.6 is 0 Å². The minimum Gasteiger partial charge on any atom is -0.258 e. The Hall–Kier alpha value is -2.68. The van der Waals surface area contributed by atoms with Crippen molar-refractivity contribution in [2.75, 3.05) is 0 Å². The number of nitrogens with zero attached hydrogens (tertiary/aromatic N) is 1. The van der Waals surface area contributed by atoms with E-state index in [-0.39, 0.29) is 10.6 Å². The van der Waals surface area contributed by atoms with E-state index in [0.717, 1.165) is 28.5 Å². The Kier molecular flexibility index (Phi) is 2.18. The van der Waals surface area contributed by atoms with Crippen molar-refractivity contribution in [1.29, 1.82) is 0 Å². The van der Waals surface area contributed by atoms with Crippen LogP contribution < -0.4 is 0 Å². The van der Waals surface area contributed by atoms with Gasteiger partial charge >= 0.3 is 0 Å². The molecule has 1 aliphatic carbocycles. The highest BCUT2D eigenvalue weighted by molar-refractivity contribution is 6.01. The number of benzene rings is 3. The fourth-order valence-corrected chi connectivity index (χ4v) is 3.14. The third-order valence-electron chi connectivity index (χ3n) is 3.95. The third kappa shape index (κ3) is 1.40. The largest absolute Gasteiger partial charge is 0.285 e. The molecule has 0 heterocycles. The van der Waals surface area contributed by atoms with Crippen LogP contribution in [0, 0.1) is 10.1 Å². The quantitative estimate of drug-likeness (QED) is 0.378. The number of rotatable bonds is 1. The average molecular weight is 261 g/mol. The Bertz CT molecular complexity index is 868. The van der Waals surface area contributed by atoms with Crippen LogP contribution in [0.2, 0.25) is 0 Å². The van der Waals surface area contributed by atoms with Gasteiger partial charge in [-0.2, -0.15) is 0 Å². The molecule has 3 heteroatoms. The van der Waals surface area contributed by atoms with Crippen molar-refractivity contribution in [2.45, 2.75) is 6.42 Å². The summed E-state index contributed by atoms with van der Waals surface area (Å²) in [6, 6.07) is 17.6. The van der Waals surface area contributed by atoms with Crippen molar-refractivity contribution >= 4 is 16.5 Å². The minimum absolute atomic E-state index is 0.239. The standard InChI is InChI=1S/C17H11NO2/c19-18(20)17-15-8-4-2-6-12(15)10-13-9-11-5-1-3-7-14(11)16(13)17/h1-8,10H,9H2. The van der Waals surface area contributed by atoms with Crippen LogP contribution in [-0.4, -0.2) is 4.92 Å². The molecule has 96 valence electrons. The molecule has 0 unspecified atom stereocenters. The van der Waals surface area contributed by atoms with E-state index in [1.54, 1.807) is 0 Å². The fraction of sp³-hybridized carbons (Fsp3) is 0.0588. The second-order valence-electron chi connectivity index (χ2n) is 5.07. The lowest BCUT2D eigenvalue weighted by molar-refractivity contribution is -0.382. The summed E-state index contributed by atoms with van der Waals surface area (Å²) in [5.41, 5.74) is 4.25. The van der Waals surface area contributed by atoms with Crippen LogP contribution in [0.3, 0.4) is 0 Å². The summed E-state index contributed by atoms with van der Waals surface area (Å²) < 4.78 is 0. The molecule has 0 radical (unpaired) electrons. The first-order chi connectivity index (χ1) is 9.75. The molecule has 3 aromatic rings. The van der Waals surface area contributed by atoms with Gasteiger partial charge in [-0.1, -0.05) is 42.5 Å². The molecule has 4 rings (SSSR count). The van der Waals surface area contributed by atoms with E-state index in [1.165, 1.54) is 5.56 Å². The Morgan fingerprint density at radius 3 is 2.55 bits per heavy atom. The summed E-state index contributed by atoms with van der Waals surface area (Å²) in [5, 5.41) is 13.2. The summed E-state index contributed by atoms with van der Waals surface area (Å²) in [6.45, 7) is 0. The second-order valence-corrected chi connectivity index (χ2v) is 5.07. The van der Waals surface area contributed by atoms with Crippen LogP contribution in [0.4, 0.5) is 5.69 Å². The van der Waals surface area contributed by atoms with E-state index < -0.39 is 0 Å². The van der Waals surface area contributed by atoms with Gasteiger partial charge in [-0.3, -0.25) is 10.1 Å². The van der Waals surface area contributed by atoms with Gasteiger partial charge in [0.15, 0.2) is 0 Å². The molecule has 0 saturated carbocycles. The predicted molar refractivity (Wildman–Crippen MR) is 78.8 cm³/mol. The molecule has 0 atom stereocenters. The number of hydrogen-bond acceptors (Lipinski definition) is 2. The number of hydrogen-bond donors (Lipinski definition) is 0. The molecule has 0 amide bonds. The van der Waals surface area contributed by atoms with Crippen LogP contribution in [-0.2, 0) is 6.42 Å². The SMILES string of the molecule is O=[N+]([O-])c1c2c(cc3ccccc13)Cc1ccccc1-2. The van der Waals surface area contributed by atoms with E-state index in [2.05, 4.69) is 6.07 Å². The maximum atomic E-state index is 11.6. The van der Waals surface area contributed by atoms with Crippen molar-refractivity contribution in [2.24, 2.45) is 0 Å². The van der Waals surface area contributed by atoms with Crippen molar-refractivity contribution in [3.8, 4) is 11.1 Å². The van der Waals surface area contributed by atoms with Gasteiger partial charge in [0.05, 0.1) is 15.9 Å². The van der Waals surface area contributed by atoms with E-state index >= 15 is 0 Å². The molecule has 3 aromatic carbocycles. The lowest BCUT2D eigenvalue weighted by atomic mass is 9.98. The summed E-state index contributed by atoms with van der Waals surface area (Å²) in [6.07, 6.45) is 0.775. The molecular formula is C17H11NO2. The Morgan fingerprint density at radius 1 is 0.950 bits per heavy atom. The van der Waals surface area contributed by atoms with Crippen LogP contribution in [0.15, 0.2) is 54.6 Å². The molecule has 3 nitrogen and oxygen atoms in total. The lowest BCUT2D eigenvalue weighted by Crippen LogP contribution is -1.94. The van der Waals surface area contributed by atoms with Crippen LogP contribution in [0.1, 0.15) is 11.1 Å². The highest BCUT2D eigenvalue weighted by Gasteiger charge is 2.29. The van der Waals surface area contributed by atoms with Crippen molar-refractivity contribution in [3.05, 3.63) is 75.8 Å². The van der Waals surface area contributed by atoms with Crippen molar-refractivity contribution < 1.29 is 4.92 Å². The first kappa shape index (κ1) is 11.2. The van der Waals surface area contributed by atoms with Crippen LogP contribution in [0.5, 0.6) is 0 Å². The van der Waals surface area contributed by atoms with Crippen molar-refractivity contribution in [1.82, 2.24) is 0 Å². The molecule has 0 spiro atoms. The Morgan fingerprint density at radius 2 is 1.70 bits per heavy atom. The lowest BCUT2D eigenvalue weighted by Gasteiger charge is -2.06. The van der Waals surface area contributed by atoms with Gasteiger partial charge in [-0.05, 0) is 40.6 Å². The fourth-order valence-electron chi connectivity index (χ4n) is 3.14. The molecule has 0 bridgehead atoms. The predicted octanol–water partition coefficient (Wildman–Crippen LogP) is 4.32. The summed E-state index contributed by atoms with van der Waals surface area (Å²) >= 11 is 0. The average Bonchev–Trinajstić information content (AvgIpc) is 2.82. The van der Waals surface area contributed by atoms with E-state index in [4.69, 9.17) is 0 Å². The maximum Gasteiger partial charge on any atom is 0.285 e. The Labute approximate surface area is 115 Å². The van der Waals surface area contributed by atoms with Gasteiger partial charge in [0.2, 0.25) is 0 Å². The summed E-state index contributed by atoms with van der Waals surface area (Å²) in [4.78, 5) is 11.3. The number of nitro benzene ring substituents is 1. The maximum absolute atomic E-state index is 11.6. The molecular weight excluding hydrogens is 250 g/mol. The number of nitro groups is 1. The number of fused-ring (bicyclic) bond motifs is 4. The van der Waals surface area contributed by atoms with Gasteiger partial charge in [0.25, 0.3) is 5.69 Å². The highest BCUT2D eigenvalue weighted by Crippen LogP contribution is 2.45. The highest BCUT2D eigenvalue weighted by atomic mass is 16.6. The third-order valence-corrected chi connectivity index (χ3v) is 3.95. The summed E-state index contributed by atoms with van der Waals surface area (Å²) in [7, 11) is 0. The Balaban J connectivity index is 2.18. The van der Waals surface area contributed by atoms with Crippen molar-refractivity contribution in [3.63, 3.8) is 0 Å². The smallest absolute Gasteiger partial charge is 0.258 e. The van der Waals surface area contributed by atoms with Gasteiger partial charge < -0.3 is 0 Å².